The lowest BCUT2D eigenvalue weighted by Gasteiger charge is -2.66. The SMILES string of the molecule is COC1(OC)OC2(CC(C)(C)CC=C2C#CC(C)(C)C)C1(OC)OC. The summed E-state index contributed by atoms with van der Waals surface area (Å²) in [4.78, 5) is 0. The van der Waals surface area contributed by atoms with Crippen LogP contribution in [-0.2, 0) is 23.7 Å². The van der Waals surface area contributed by atoms with Crippen molar-refractivity contribution in [2.24, 2.45) is 10.8 Å². The van der Waals surface area contributed by atoms with E-state index in [2.05, 4.69) is 52.5 Å². The molecule has 142 valence electrons. The maximum Gasteiger partial charge on any atom is 0.344 e. The van der Waals surface area contributed by atoms with Crippen molar-refractivity contribution in [1.82, 2.24) is 0 Å². The van der Waals surface area contributed by atoms with E-state index in [-0.39, 0.29) is 10.8 Å². The van der Waals surface area contributed by atoms with E-state index < -0.39 is 17.4 Å². The molecule has 1 spiro atoms. The first-order valence-electron chi connectivity index (χ1n) is 8.62. The molecule has 1 unspecified atom stereocenters. The van der Waals surface area contributed by atoms with Crippen molar-refractivity contribution >= 4 is 0 Å². The van der Waals surface area contributed by atoms with E-state index in [1.165, 1.54) is 14.2 Å². The first kappa shape index (κ1) is 20.4. The van der Waals surface area contributed by atoms with Crippen molar-refractivity contribution in [2.45, 2.75) is 64.8 Å². The molecular formula is C20H32O5. The Morgan fingerprint density at radius 2 is 1.56 bits per heavy atom. The van der Waals surface area contributed by atoms with Gasteiger partial charge in [0.1, 0.15) is 0 Å². The van der Waals surface area contributed by atoms with Crippen molar-refractivity contribution in [3.05, 3.63) is 11.6 Å². The fraction of sp³-hybridized carbons (Fsp3) is 0.800. The van der Waals surface area contributed by atoms with Gasteiger partial charge < -0.3 is 23.7 Å². The molecule has 1 heterocycles. The molecule has 0 amide bonds. The Bertz CT molecular complexity index is 594. The second kappa shape index (κ2) is 6.37. The zero-order valence-corrected chi connectivity index (χ0v) is 17.0. The highest BCUT2D eigenvalue weighted by Crippen LogP contribution is 2.63. The Labute approximate surface area is 152 Å². The molecule has 1 saturated heterocycles. The van der Waals surface area contributed by atoms with Crippen LogP contribution in [-0.4, -0.2) is 45.8 Å². The third-order valence-electron chi connectivity index (χ3n) is 4.95. The summed E-state index contributed by atoms with van der Waals surface area (Å²) in [6.07, 6.45) is 3.72. The molecular weight excluding hydrogens is 320 g/mol. The molecule has 5 heteroatoms. The topological polar surface area (TPSA) is 46.2 Å². The van der Waals surface area contributed by atoms with E-state index in [4.69, 9.17) is 23.7 Å². The highest BCUT2D eigenvalue weighted by molar-refractivity contribution is 5.46. The van der Waals surface area contributed by atoms with Crippen molar-refractivity contribution < 1.29 is 23.7 Å². The molecule has 0 radical (unpaired) electrons. The van der Waals surface area contributed by atoms with Crippen LogP contribution < -0.4 is 0 Å². The van der Waals surface area contributed by atoms with Crippen LogP contribution in [0.3, 0.4) is 0 Å². The minimum Gasteiger partial charge on any atom is -0.344 e. The Morgan fingerprint density at radius 3 is 2.00 bits per heavy atom. The van der Waals surface area contributed by atoms with Crippen LogP contribution >= 0.6 is 0 Å². The third-order valence-corrected chi connectivity index (χ3v) is 4.95. The van der Waals surface area contributed by atoms with Gasteiger partial charge in [-0.25, -0.2) is 0 Å². The largest absolute Gasteiger partial charge is 0.344 e. The summed E-state index contributed by atoms with van der Waals surface area (Å²) >= 11 is 0. The number of methoxy groups -OCH3 is 4. The molecule has 25 heavy (non-hydrogen) atoms. The second-order valence-electron chi connectivity index (χ2n) is 8.58. The quantitative estimate of drug-likeness (QED) is 0.572. The van der Waals surface area contributed by atoms with Gasteiger partial charge in [-0.2, -0.15) is 0 Å². The Balaban J connectivity index is 2.62. The molecule has 5 nitrogen and oxygen atoms in total. The molecule has 0 N–H and O–H groups in total. The van der Waals surface area contributed by atoms with Gasteiger partial charge in [-0.3, -0.25) is 0 Å². The molecule has 2 aliphatic rings. The lowest BCUT2D eigenvalue weighted by atomic mass is 9.63. The molecule has 1 fully saturated rings. The molecule has 0 aromatic heterocycles. The molecule has 1 atom stereocenters. The van der Waals surface area contributed by atoms with Gasteiger partial charge in [0, 0.05) is 39.4 Å². The molecule has 0 bridgehead atoms. The maximum absolute atomic E-state index is 6.30. The van der Waals surface area contributed by atoms with E-state index >= 15 is 0 Å². The summed E-state index contributed by atoms with van der Waals surface area (Å²) in [6.45, 7) is 10.6. The Kier molecular flexibility index (Phi) is 5.20. The van der Waals surface area contributed by atoms with E-state index in [9.17, 15) is 0 Å². The lowest BCUT2D eigenvalue weighted by molar-refractivity contribution is -0.607. The van der Waals surface area contributed by atoms with Crippen LogP contribution in [0, 0.1) is 22.7 Å². The number of ether oxygens (including phenoxy) is 5. The van der Waals surface area contributed by atoms with Gasteiger partial charge >= 0.3 is 5.97 Å². The van der Waals surface area contributed by atoms with Crippen LogP contribution in [0.2, 0.25) is 0 Å². The number of allylic oxidation sites excluding steroid dienone is 1. The van der Waals surface area contributed by atoms with Gasteiger partial charge in [-0.05, 0) is 39.0 Å². The average Bonchev–Trinajstić information content (AvgIpc) is 2.51. The first-order valence-corrected chi connectivity index (χ1v) is 8.62. The number of hydrogen-bond donors (Lipinski definition) is 0. The summed E-state index contributed by atoms with van der Waals surface area (Å²) < 4.78 is 29.1. The molecule has 0 saturated carbocycles. The lowest BCUT2D eigenvalue weighted by Crippen LogP contribution is -2.85. The fourth-order valence-corrected chi connectivity index (χ4v) is 3.84. The van der Waals surface area contributed by atoms with Gasteiger partial charge in [-0.1, -0.05) is 31.8 Å². The van der Waals surface area contributed by atoms with Crippen molar-refractivity contribution in [2.75, 3.05) is 28.4 Å². The van der Waals surface area contributed by atoms with E-state index in [0.29, 0.717) is 6.42 Å². The summed E-state index contributed by atoms with van der Waals surface area (Å²) in [5, 5.41) is 0. The number of hydrogen-bond acceptors (Lipinski definition) is 5. The predicted molar refractivity (Wildman–Crippen MR) is 95.6 cm³/mol. The number of rotatable bonds is 4. The van der Waals surface area contributed by atoms with Crippen molar-refractivity contribution in [3.63, 3.8) is 0 Å². The van der Waals surface area contributed by atoms with Gasteiger partial charge in [0.15, 0.2) is 5.60 Å². The van der Waals surface area contributed by atoms with E-state index in [1.807, 2.05) is 0 Å². The zero-order valence-electron chi connectivity index (χ0n) is 17.0. The summed E-state index contributed by atoms with van der Waals surface area (Å²) in [5.41, 5.74) is -0.151. The van der Waals surface area contributed by atoms with Gasteiger partial charge in [0.2, 0.25) is 0 Å². The maximum atomic E-state index is 6.30. The molecule has 0 aromatic rings. The fourth-order valence-electron chi connectivity index (χ4n) is 3.84. The highest BCUT2D eigenvalue weighted by Gasteiger charge is 2.83. The Hall–Kier alpha value is -0.900. The monoisotopic (exact) mass is 352 g/mol. The predicted octanol–water partition coefficient (Wildman–Crippen LogP) is 3.49. The smallest absolute Gasteiger partial charge is 0.344 e. The second-order valence-corrected chi connectivity index (χ2v) is 8.58. The first-order chi connectivity index (χ1) is 11.5. The molecule has 0 aromatic carbocycles. The van der Waals surface area contributed by atoms with Crippen LogP contribution in [0.5, 0.6) is 0 Å². The minimum atomic E-state index is -1.44. The third kappa shape index (κ3) is 2.94. The van der Waals surface area contributed by atoms with Crippen molar-refractivity contribution in [1.29, 1.82) is 0 Å². The van der Waals surface area contributed by atoms with Crippen LogP contribution in [0.4, 0.5) is 0 Å². The van der Waals surface area contributed by atoms with Gasteiger partial charge in [0.25, 0.3) is 5.79 Å². The standard InChI is InChI=1S/C20H32O5/c1-16(2,3)12-10-15-11-13-17(4,5)14-18(15)19(21-6,22-7)20(23-8,24-9)25-18/h11H,13-14H2,1-9H3. The van der Waals surface area contributed by atoms with Gasteiger partial charge in [0.05, 0.1) is 0 Å². The highest BCUT2D eigenvalue weighted by atomic mass is 17.0. The van der Waals surface area contributed by atoms with Crippen LogP contribution in [0.25, 0.3) is 0 Å². The summed E-state index contributed by atoms with van der Waals surface area (Å²) in [6, 6.07) is 0. The van der Waals surface area contributed by atoms with Gasteiger partial charge in [-0.15, -0.1) is 0 Å². The average molecular weight is 352 g/mol. The van der Waals surface area contributed by atoms with Crippen LogP contribution in [0.15, 0.2) is 11.6 Å². The summed E-state index contributed by atoms with van der Waals surface area (Å²) in [5.74, 6) is 3.93. The molecule has 2 rings (SSSR count). The molecule has 1 aliphatic heterocycles. The van der Waals surface area contributed by atoms with Crippen LogP contribution in [0.1, 0.15) is 47.5 Å². The van der Waals surface area contributed by atoms with Crippen molar-refractivity contribution in [3.8, 4) is 11.8 Å². The van der Waals surface area contributed by atoms with E-state index in [1.54, 1.807) is 14.2 Å². The Morgan fingerprint density at radius 1 is 1.00 bits per heavy atom. The minimum absolute atomic E-state index is 0.00284. The normalized spacial score (nSPS) is 29.4. The van der Waals surface area contributed by atoms with E-state index in [0.717, 1.165) is 12.0 Å². The molecule has 1 aliphatic carbocycles. The zero-order chi connectivity index (χ0) is 19.1. The summed E-state index contributed by atoms with van der Waals surface area (Å²) in [7, 11) is 6.19.